The van der Waals surface area contributed by atoms with Gasteiger partial charge in [0.1, 0.15) is 0 Å². The van der Waals surface area contributed by atoms with Crippen molar-refractivity contribution < 1.29 is 18.0 Å². The topological polar surface area (TPSA) is 59.2 Å². The molecule has 0 atom stereocenters. The molecule has 0 N–H and O–H groups in total. The highest BCUT2D eigenvalue weighted by atomic mass is 35.5. The van der Waals surface area contributed by atoms with Crippen LogP contribution in [0, 0.1) is 0 Å². The molecule has 0 unspecified atom stereocenters. The van der Waals surface area contributed by atoms with E-state index >= 15 is 0 Å². The highest BCUT2D eigenvalue weighted by Crippen LogP contribution is 2.54. The van der Waals surface area contributed by atoms with E-state index in [1.165, 1.54) is 161 Å². The standard InChI is InChI=1S/C22H29N3S2.C21H24F3N3S.C20H24ClN3S.C19H22N2OS.C17H19ClN2S/c1-3-26-18-9-10-22-20(17-18)25(19-7-4-5-8-21(19)27-22)12-6-11-24-15-13-23(2)14-16-24;1-25-11-13-26(14-12-25)9-4-10-27-17-5-2-3-6-19(17)28-20-8-7-16(15-18(20)27)21(22,23)24;1-22-11-13-23(14-12-22)9-4-10-24-17-5-2-3-6-19(17)25-20-8-7-16(21)15-18(20)24;1-14(22)15-9-10-19-17(13-15)21(12-6-11-20(2)3)16-7-4-5-8-18(16)23-19;1-19(2)10-5-11-20-14-6-3-4-7-16(14)21-17-9-8-13(18)12-15(17)20/h4-5,7-10,17H,3,6,11-16H2,1-2H3;2-3,5-8,15H,4,9-14H2,1H3;2-3,5-8,15H,4,9-14H2,1H3;4-5,7-10,13H,6,11-12H2,1-3H3;3-4,6-9,12H,5,10-11H2,1-2H3. The molecule has 18 rings (SSSR count). The number of ketones is 1. The lowest BCUT2D eigenvalue weighted by atomic mass is 10.1. The first-order valence-electron chi connectivity index (χ1n) is 43.5. The Labute approximate surface area is 770 Å². The van der Waals surface area contributed by atoms with E-state index in [0.717, 1.165) is 147 Å². The van der Waals surface area contributed by atoms with Gasteiger partial charge in [-0.2, -0.15) is 13.2 Å². The number of alkyl halides is 3. The summed E-state index contributed by atoms with van der Waals surface area (Å²) in [6.07, 6.45) is 1.15. The van der Waals surface area contributed by atoms with Crippen LogP contribution in [-0.4, -0.2) is 244 Å². The van der Waals surface area contributed by atoms with Gasteiger partial charge in [0.05, 0.1) is 62.4 Å². The first-order chi connectivity index (χ1) is 60.1. The number of hydrogen-bond acceptors (Lipinski definition) is 20. The molecule has 124 heavy (non-hydrogen) atoms. The number of halogens is 5. The number of nitrogens with zero attached hydrogens (tertiary/aromatic N) is 13. The number of benzene rings is 10. The molecule has 656 valence electrons. The molecule has 0 amide bonds. The van der Waals surface area contributed by atoms with E-state index in [2.05, 4.69) is 266 Å². The van der Waals surface area contributed by atoms with Crippen molar-refractivity contribution in [3.05, 3.63) is 233 Å². The Kier molecular flexibility index (Phi) is 33.7. The molecule has 10 aromatic carbocycles. The number of likely N-dealkylation sites (N-methyl/N-ethyl adjacent to an activating group) is 3. The molecular formula is C99H118Cl2F3N13OS6. The fraction of sp³-hybridized carbons (Fsp3) is 0.384. The first kappa shape index (κ1) is 93.2. The summed E-state index contributed by atoms with van der Waals surface area (Å²) in [5, 5.41) is 1.61. The van der Waals surface area contributed by atoms with Crippen LogP contribution in [0.25, 0.3) is 0 Å². The van der Waals surface area contributed by atoms with Gasteiger partial charge in [0.15, 0.2) is 5.78 Å². The molecule has 14 nitrogen and oxygen atoms in total. The molecule has 8 aliphatic heterocycles. The Hall–Kier alpha value is -6.98. The second kappa shape index (κ2) is 44.8. The van der Waals surface area contributed by atoms with Crippen LogP contribution < -0.4 is 24.5 Å². The SMILES string of the molecule is CC(=O)c1ccc2c(c1)N(CCCN(C)C)c1ccccc1S2.CCSc1ccc2c(c1)N(CCCN1CCN(C)CC1)c1ccccc1S2.CN(C)CCCN1c2ccccc2Sc2ccc(Cl)cc21.CN1CCN(CCCN2c3ccccc3Sc3ccc(C(F)(F)F)cc32)CC1.CN1CCN(CCCN2c3ccccc3Sc3ccc(Cl)cc32)CC1. The number of carbonyl (C=O) groups is 1. The number of hydrogen-bond donors (Lipinski definition) is 0. The highest BCUT2D eigenvalue weighted by Gasteiger charge is 2.35. The summed E-state index contributed by atoms with van der Waals surface area (Å²) in [5.74, 6) is 1.23. The molecule has 3 fully saturated rings. The molecule has 8 heterocycles. The van der Waals surface area contributed by atoms with Crippen molar-refractivity contribution in [3.63, 3.8) is 0 Å². The quantitative estimate of drug-likeness (QED) is 0.0451. The molecule has 8 aliphatic rings. The van der Waals surface area contributed by atoms with Crippen molar-refractivity contribution in [2.75, 3.05) is 224 Å². The van der Waals surface area contributed by atoms with Crippen LogP contribution in [0.3, 0.4) is 0 Å². The summed E-state index contributed by atoms with van der Waals surface area (Å²) in [6.45, 7) is 27.9. The van der Waals surface area contributed by atoms with Gasteiger partial charge in [0.25, 0.3) is 0 Å². The number of piperazine rings is 3. The summed E-state index contributed by atoms with van der Waals surface area (Å²) < 4.78 is 39.8. The van der Waals surface area contributed by atoms with Gasteiger partial charge in [-0.1, -0.05) is 156 Å². The predicted octanol–water partition coefficient (Wildman–Crippen LogP) is 23.9. The number of carbonyl (C=O) groups excluding carboxylic acids is 1. The lowest BCUT2D eigenvalue weighted by Gasteiger charge is -2.35. The molecule has 25 heteroatoms. The Morgan fingerprint density at radius 2 is 0.629 bits per heavy atom. The Bertz CT molecular complexity index is 5200. The predicted molar refractivity (Wildman–Crippen MR) is 523 cm³/mol. The number of Topliss-reactive ketones (excluding diaryl/α,β-unsaturated/α-hetero) is 1. The second-order valence-corrected chi connectivity index (χ2v) is 40.8. The molecular weight excluding hydrogens is 1710 g/mol. The third kappa shape index (κ3) is 24.7. The average Bonchev–Trinajstić information content (AvgIpc) is 0.779. The molecule has 3 saturated heterocycles. The minimum atomic E-state index is -4.33. The van der Waals surface area contributed by atoms with Crippen LogP contribution in [0.1, 0.15) is 61.9 Å². The van der Waals surface area contributed by atoms with E-state index in [9.17, 15) is 18.0 Å². The van der Waals surface area contributed by atoms with Gasteiger partial charge in [0.2, 0.25) is 0 Å². The van der Waals surface area contributed by atoms with E-state index in [1.807, 2.05) is 95.6 Å². The minimum absolute atomic E-state index is 0.116. The van der Waals surface area contributed by atoms with Crippen LogP contribution in [0.4, 0.5) is 70.0 Å². The van der Waals surface area contributed by atoms with Gasteiger partial charge in [-0.3, -0.25) is 4.79 Å². The van der Waals surface area contributed by atoms with Gasteiger partial charge in [-0.25, -0.2) is 0 Å². The maximum atomic E-state index is 13.3. The number of para-hydroxylation sites is 5. The Morgan fingerprint density at radius 1 is 0.347 bits per heavy atom. The van der Waals surface area contributed by atoms with E-state index < -0.39 is 11.7 Å². The third-order valence-corrected chi connectivity index (χ3v) is 30.4. The maximum Gasteiger partial charge on any atom is 0.416 e. The molecule has 0 saturated carbocycles. The minimum Gasteiger partial charge on any atom is -0.340 e. The largest absolute Gasteiger partial charge is 0.416 e. The average molecular weight is 1830 g/mol. The van der Waals surface area contributed by atoms with Crippen molar-refractivity contribution >= 4 is 156 Å². The first-order valence-corrected chi connectivity index (χ1v) is 49.4. The number of anilines is 10. The van der Waals surface area contributed by atoms with Gasteiger partial charge >= 0.3 is 6.18 Å². The van der Waals surface area contributed by atoms with E-state index in [0.29, 0.717) is 12.2 Å². The molecule has 0 aliphatic carbocycles. The summed E-state index contributed by atoms with van der Waals surface area (Å²) in [5.41, 5.74) is 12.1. The summed E-state index contributed by atoms with van der Waals surface area (Å²) in [4.78, 5) is 56.6. The van der Waals surface area contributed by atoms with E-state index in [1.54, 1.807) is 36.5 Å². The Balaban J connectivity index is 0.000000127. The van der Waals surface area contributed by atoms with Crippen molar-refractivity contribution in [2.45, 2.75) is 106 Å². The number of rotatable bonds is 23. The highest BCUT2D eigenvalue weighted by molar-refractivity contribution is 8.01. The maximum absolute atomic E-state index is 13.3. The Morgan fingerprint density at radius 3 is 0.952 bits per heavy atom. The fourth-order valence-electron chi connectivity index (χ4n) is 16.6. The van der Waals surface area contributed by atoms with Crippen LogP contribution in [0.2, 0.25) is 10.0 Å². The number of fused-ring (bicyclic) bond motifs is 10. The lowest BCUT2D eigenvalue weighted by Crippen LogP contribution is -2.45. The third-order valence-electron chi connectivity index (χ3n) is 23.4. The van der Waals surface area contributed by atoms with Crippen LogP contribution in [0.5, 0.6) is 0 Å². The lowest BCUT2D eigenvalue weighted by molar-refractivity contribution is -0.137. The molecule has 10 aromatic rings. The van der Waals surface area contributed by atoms with Crippen molar-refractivity contribution in [1.82, 2.24) is 39.2 Å². The van der Waals surface area contributed by atoms with Crippen LogP contribution >= 0.6 is 93.8 Å². The zero-order valence-electron chi connectivity index (χ0n) is 73.1. The monoisotopic (exact) mass is 1820 g/mol. The van der Waals surface area contributed by atoms with Crippen LogP contribution in [0.15, 0.2) is 266 Å². The summed E-state index contributed by atoms with van der Waals surface area (Å²) >= 11 is 23.3. The van der Waals surface area contributed by atoms with Crippen molar-refractivity contribution in [1.29, 1.82) is 0 Å². The number of thioether (sulfide) groups is 1. The van der Waals surface area contributed by atoms with Crippen molar-refractivity contribution in [3.8, 4) is 0 Å². The zero-order chi connectivity index (χ0) is 86.8. The van der Waals surface area contributed by atoms with E-state index in [4.69, 9.17) is 23.2 Å². The van der Waals surface area contributed by atoms with Crippen LogP contribution in [-0.2, 0) is 6.18 Å². The molecule has 0 radical (unpaired) electrons. The fourth-order valence-corrected chi connectivity index (χ4v) is 23.0. The summed E-state index contributed by atoms with van der Waals surface area (Å²) in [7, 11) is 15.0. The van der Waals surface area contributed by atoms with Gasteiger partial charge in [0, 0.05) is 181 Å². The molecule has 0 aromatic heterocycles. The molecule has 0 bridgehead atoms. The molecule has 0 spiro atoms. The zero-order valence-corrected chi connectivity index (χ0v) is 79.5. The van der Waals surface area contributed by atoms with Gasteiger partial charge < -0.3 is 63.7 Å². The van der Waals surface area contributed by atoms with Gasteiger partial charge in [-0.15, -0.1) is 11.8 Å². The smallest absolute Gasteiger partial charge is 0.340 e. The van der Waals surface area contributed by atoms with Gasteiger partial charge in [-0.05, 0) is 272 Å². The van der Waals surface area contributed by atoms with E-state index in [-0.39, 0.29) is 5.78 Å². The summed E-state index contributed by atoms with van der Waals surface area (Å²) in [6, 6.07) is 72.1. The van der Waals surface area contributed by atoms with Crippen molar-refractivity contribution in [2.24, 2.45) is 0 Å². The second-order valence-electron chi connectivity index (χ2n) is 33.1. The normalized spacial score (nSPS) is 16.2.